The first-order chi connectivity index (χ1) is 11.9. The smallest absolute Gasteiger partial charge is 0.253 e. The van der Waals surface area contributed by atoms with Crippen molar-refractivity contribution in [2.45, 2.75) is 56.1 Å². The molecule has 2 aliphatic heterocycles. The van der Waals surface area contributed by atoms with E-state index in [1.807, 2.05) is 6.92 Å². The van der Waals surface area contributed by atoms with Crippen LogP contribution in [0.1, 0.15) is 49.4 Å². The Labute approximate surface area is 149 Å². The minimum Gasteiger partial charge on any atom is -0.393 e. The highest BCUT2D eigenvalue weighted by molar-refractivity contribution is 7.89. The van der Waals surface area contributed by atoms with Gasteiger partial charge in [-0.05, 0) is 56.9 Å². The van der Waals surface area contributed by atoms with E-state index in [0.29, 0.717) is 38.0 Å². The van der Waals surface area contributed by atoms with E-state index in [9.17, 15) is 18.3 Å². The SMILES string of the molecule is CC1CCCCN1S(=O)(=O)c1ccc(C(=O)N2CCC(O)CC2)cc1. The number of benzene rings is 1. The Morgan fingerprint density at radius 1 is 1.04 bits per heavy atom. The zero-order valence-corrected chi connectivity index (χ0v) is 15.4. The first-order valence-corrected chi connectivity index (χ1v) is 10.4. The number of carbonyl (C=O) groups is 1. The molecule has 2 saturated heterocycles. The maximum absolute atomic E-state index is 12.8. The maximum Gasteiger partial charge on any atom is 0.253 e. The molecule has 25 heavy (non-hydrogen) atoms. The van der Waals surface area contributed by atoms with Gasteiger partial charge in [-0.25, -0.2) is 8.42 Å². The number of sulfonamides is 1. The van der Waals surface area contributed by atoms with Gasteiger partial charge in [-0.2, -0.15) is 4.31 Å². The summed E-state index contributed by atoms with van der Waals surface area (Å²) in [6, 6.07) is 6.26. The second-order valence-electron chi connectivity index (χ2n) is 7.01. The molecule has 3 rings (SSSR count). The molecular weight excluding hydrogens is 340 g/mol. The fourth-order valence-electron chi connectivity index (χ4n) is 3.59. The van der Waals surface area contributed by atoms with E-state index in [-0.39, 0.29) is 22.9 Å². The number of aliphatic hydroxyl groups is 1. The molecule has 1 amide bonds. The Bertz CT molecular complexity index is 709. The Kier molecular flexibility index (Phi) is 5.46. The van der Waals surface area contributed by atoms with Gasteiger partial charge in [0.1, 0.15) is 0 Å². The average molecular weight is 366 g/mol. The van der Waals surface area contributed by atoms with Gasteiger partial charge in [0, 0.05) is 31.2 Å². The minimum absolute atomic E-state index is 0.0137. The molecule has 0 saturated carbocycles. The Hall–Kier alpha value is -1.44. The Balaban J connectivity index is 1.74. The van der Waals surface area contributed by atoms with Gasteiger partial charge in [-0.15, -0.1) is 0 Å². The molecule has 6 nitrogen and oxygen atoms in total. The highest BCUT2D eigenvalue weighted by Crippen LogP contribution is 2.25. The lowest BCUT2D eigenvalue weighted by molar-refractivity contribution is 0.0546. The highest BCUT2D eigenvalue weighted by atomic mass is 32.2. The van der Waals surface area contributed by atoms with E-state index in [1.54, 1.807) is 21.3 Å². The van der Waals surface area contributed by atoms with Gasteiger partial charge in [0.25, 0.3) is 5.91 Å². The molecule has 1 aromatic carbocycles. The van der Waals surface area contributed by atoms with E-state index in [0.717, 1.165) is 19.3 Å². The molecule has 0 aromatic heterocycles. The number of likely N-dealkylation sites (tertiary alicyclic amines) is 1. The van der Waals surface area contributed by atoms with Crippen LogP contribution in [0.15, 0.2) is 29.2 Å². The van der Waals surface area contributed by atoms with Crippen molar-refractivity contribution in [1.29, 1.82) is 0 Å². The second-order valence-corrected chi connectivity index (χ2v) is 8.90. The van der Waals surface area contributed by atoms with E-state index in [4.69, 9.17) is 0 Å². The van der Waals surface area contributed by atoms with Crippen LogP contribution in [0.5, 0.6) is 0 Å². The topological polar surface area (TPSA) is 77.9 Å². The third-order valence-corrected chi connectivity index (χ3v) is 7.23. The summed E-state index contributed by atoms with van der Waals surface area (Å²) >= 11 is 0. The summed E-state index contributed by atoms with van der Waals surface area (Å²) in [5, 5.41) is 9.54. The number of rotatable bonds is 3. The van der Waals surface area contributed by atoms with Crippen molar-refractivity contribution in [3.8, 4) is 0 Å². The average Bonchev–Trinajstić information content (AvgIpc) is 2.62. The van der Waals surface area contributed by atoms with Gasteiger partial charge < -0.3 is 10.0 Å². The fourth-order valence-corrected chi connectivity index (χ4v) is 5.28. The van der Waals surface area contributed by atoms with Crippen LogP contribution >= 0.6 is 0 Å². The highest BCUT2D eigenvalue weighted by Gasteiger charge is 2.31. The first-order valence-electron chi connectivity index (χ1n) is 8.99. The molecule has 2 heterocycles. The maximum atomic E-state index is 12.8. The number of carbonyl (C=O) groups excluding carboxylic acids is 1. The van der Waals surface area contributed by atoms with Crippen molar-refractivity contribution in [3.63, 3.8) is 0 Å². The summed E-state index contributed by atoms with van der Waals surface area (Å²) in [5.41, 5.74) is 0.488. The molecule has 138 valence electrons. The Morgan fingerprint density at radius 2 is 1.68 bits per heavy atom. The molecule has 2 aliphatic rings. The van der Waals surface area contributed by atoms with Crippen molar-refractivity contribution in [2.75, 3.05) is 19.6 Å². The molecule has 0 spiro atoms. The summed E-state index contributed by atoms with van der Waals surface area (Å²) in [6.45, 7) is 3.57. The van der Waals surface area contributed by atoms with Crippen molar-refractivity contribution in [1.82, 2.24) is 9.21 Å². The van der Waals surface area contributed by atoms with Crippen LogP contribution < -0.4 is 0 Å². The molecule has 1 N–H and O–H groups in total. The fraction of sp³-hybridized carbons (Fsp3) is 0.611. The van der Waals surface area contributed by atoms with Gasteiger partial charge in [0.2, 0.25) is 10.0 Å². The van der Waals surface area contributed by atoms with Crippen molar-refractivity contribution < 1.29 is 18.3 Å². The summed E-state index contributed by atoms with van der Waals surface area (Å²) in [4.78, 5) is 14.5. The summed E-state index contributed by atoms with van der Waals surface area (Å²) in [5.74, 6) is -0.109. The van der Waals surface area contributed by atoms with Crippen LogP contribution in [0.3, 0.4) is 0 Å². The van der Waals surface area contributed by atoms with Gasteiger partial charge >= 0.3 is 0 Å². The van der Waals surface area contributed by atoms with E-state index in [2.05, 4.69) is 0 Å². The third kappa shape index (κ3) is 3.88. The lowest BCUT2D eigenvalue weighted by atomic mass is 10.1. The van der Waals surface area contributed by atoms with Crippen LogP contribution in [-0.4, -0.2) is 60.4 Å². The van der Waals surface area contributed by atoms with Gasteiger partial charge in [-0.3, -0.25) is 4.79 Å². The number of nitrogens with zero attached hydrogens (tertiary/aromatic N) is 2. The summed E-state index contributed by atoms with van der Waals surface area (Å²) in [7, 11) is -3.51. The normalized spacial score (nSPS) is 23.6. The van der Waals surface area contributed by atoms with Gasteiger partial charge in [-0.1, -0.05) is 6.42 Å². The number of hydrogen-bond donors (Lipinski definition) is 1. The lowest BCUT2D eigenvalue weighted by Crippen LogP contribution is -2.42. The quantitative estimate of drug-likeness (QED) is 0.885. The first kappa shape index (κ1) is 18.4. The van der Waals surface area contributed by atoms with Crippen LogP contribution in [0.4, 0.5) is 0 Å². The molecular formula is C18H26N2O4S. The molecule has 1 unspecified atom stereocenters. The zero-order valence-electron chi connectivity index (χ0n) is 14.6. The molecule has 7 heteroatoms. The van der Waals surface area contributed by atoms with E-state index >= 15 is 0 Å². The lowest BCUT2D eigenvalue weighted by Gasteiger charge is -2.32. The molecule has 0 bridgehead atoms. The van der Waals surface area contributed by atoms with Crippen LogP contribution in [-0.2, 0) is 10.0 Å². The van der Waals surface area contributed by atoms with Crippen molar-refractivity contribution in [3.05, 3.63) is 29.8 Å². The van der Waals surface area contributed by atoms with Gasteiger partial charge in [0.15, 0.2) is 0 Å². The van der Waals surface area contributed by atoms with E-state index in [1.165, 1.54) is 12.1 Å². The molecule has 0 radical (unpaired) electrons. The molecule has 2 fully saturated rings. The summed E-state index contributed by atoms with van der Waals surface area (Å²) in [6.07, 6.45) is 3.68. The standard InChI is InChI=1S/C18H26N2O4S/c1-14-4-2-3-11-20(14)25(23,24)17-7-5-15(6-8-17)18(22)19-12-9-16(21)10-13-19/h5-8,14,16,21H,2-4,9-13H2,1H3. The second kappa shape index (κ2) is 7.43. The number of piperidine rings is 2. The van der Waals surface area contributed by atoms with Crippen molar-refractivity contribution >= 4 is 15.9 Å². The predicted molar refractivity (Wildman–Crippen MR) is 94.8 cm³/mol. The van der Waals surface area contributed by atoms with E-state index < -0.39 is 10.0 Å². The number of hydrogen-bond acceptors (Lipinski definition) is 4. The predicted octanol–water partition coefficient (Wildman–Crippen LogP) is 1.85. The zero-order chi connectivity index (χ0) is 18.0. The number of amides is 1. The minimum atomic E-state index is -3.51. The number of aliphatic hydroxyl groups excluding tert-OH is 1. The largest absolute Gasteiger partial charge is 0.393 e. The van der Waals surface area contributed by atoms with Crippen molar-refractivity contribution in [2.24, 2.45) is 0 Å². The van der Waals surface area contributed by atoms with Gasteiger partial charge in [0.05, 0.1) is 11.0 Å². The van der Waals surface area contributed by atoms with Crippen LogP contribution in [0, 0.1) is 0 Å². The molecule has 1 atom stereocenters. The Morgan fingerprint density at radius 3 is 2.28 bits per heavy atom. The van der Waals surface area contributed by atoms with Crippen LogP contribution in [0.25, 0.3) is 0 Å². The monoisotopic (exact) mass is 366 g/mol. The summed E-state index contributed by atoms with van der Waals surface area (Å²) < 4.78 is 27.2. The van der Waals surface area contributed by atoms with Crippen LogP contribution in [0.2, 0.25) is 0 Å². The molecule has 1 aromatic rings. The molecule has 0 aliphatic carbocycles. The third-order valence-electron chi connectivity index (χ3n) is 5.20.